The maximum Gasteiger partial charge on any atom is 0.192 e. The normalized spacial score (nSPS) is 22.2. The number of ether oxygens (including phenoxy) is 2. The molecule has 2 aromatic rings. The first-order valence-corrected chi connectivity index (χ1v) is 13.8. The van der Waals surface area contributed by atoms with Crippen molar-refractivity contribution < 1.29 is 13.9 Å². The van der Waals surface area contributed by atoms with Crippen LogP contribution in [0.1, 0.15) is 33.4 Å². The van der Waals surface area contributed by atoms with Gasteiger partial charge in [0.15, 0.2) is 25.3 Å². The van der Waals surface area contributed by atoms with Crippen molar-refractivity contribution in [1.29, 1.82) is 0 Å². The predicted molar refractivity (Wildman–Crippen MR) is 129 cm³/mol. The molecule has 0 spiro atoms. The summed E-state index contributed by atoms with van der Waals surface area (Å²) in [6, 6.07) is 0. The van der Waals surface area contributed by atoms with Crippen LogP contribution < -0.4 is 0 Å². The average Bonchev–Trinajstić information content (AvgIpc) is 3.32. The highest BCUT2D eigenvalue weighted by Gasteiger charge is 2.42. The van der Waals surface area contributed by atoms with Gasteiger partial charge in [0.1, 0.15) is 18.7 Å². The molecule has 1 aliphatic heterocycles. The standard InChI is InChI=1S/C22H36N6O3Si/c1-9-10-29-16-11-18(31-17(16)12-30-32(7,8)22(2,3)4)28-15-25-19-20(26-14-27(5)6)23-13-24-21(19)28/h9,13-18H,1,10-12H2,2-8H3/b26-14+/t16-,17-,18-/m1/s1. The minimum absolute atomic E-state index is 0.103. The third-order valence-corrected chi connectivity index (χ3v) is 10.6. The number of fused-ring (bicyclic) bond motifs is 1. The van der Waals surface area contributed by atoms with E-state index in [-0.39, 0.29) is 23.5 Å². The molecule has 0 radical (unpaired) electrons. The zero-order valence-corrected chi connectivity index (χ0v) is 21.3. The average molecular weight is 461 g/mol. The van der Waals surface area contributed by atoms with Gasteiger partial charge in [-0.15, -0.1) is 6.58 Å². The molecule has 32 heavy (non-hydrogen) atoms. The Hall–Kier alpha value is -2.14. The Bertz CT molecular complexity index is 953. The first-order valence-electron chi connectivity index (χ1n) is 10.9. The smallest absolute Gasteiger partial charge is 0.192 e. The number of nitrogens with zero attached hydrogens (tertiary/aromatic N) is 6. The Kier molecular flexibility index (Phi) is 7.49. The molecule has 0 aliphatic carbocycles. The van der Waals surface area contributed by atoms with E-state index in [4.69, 9.17) is 13.9 Å². The van der Waals surface area contributed by atoms with Crippen molar-refractivity contribution in [2.24, 2.45) is 4.99 Å². The van der Waals surface area contributed by atoms with E-state index < -0.39 is 8.32 Å². The molecule has 0 aromatic carbocycles. The maximum atomic E-state index is 6.45. The van der Waals surface area contributed by atoms with Gasteiger partial charge in [0.25, 0.3) is 0 Å². The van der Waals surface area contributed by atoms with Crippen LogP contribution in [-0.2, 0) is 13.9 Å². The first-order chi connectivity index (χ1) is 15.0. The van der Waals surface area contributed by atoms with Crippen molar-refractivity contribution in [2.75, 3.05) is 27.3 Å². The number of aliphatic imine (C=N–C) groups is 1. The molecule has 0 saturated carbocycles. The molecular weight excluding hydrogens is 424 g/mol. The minimum Gasteiger partial charge on any atom is -0.414 e. The second-order valence-electron chi connectivity index (χ2n) is 9.83. The summed E-state index contributed by atoms with van der Waals surface area (Å²) in [4.78, 5) is 19.5. The Morgan fingerprint density at radius 2 is 2.06 bits per heavy atom. The summed E-state index contributed by atoms with van der Waals surface area (Å²) in [5.41, 5.74) is 1.32. The molecule has 0 amide bonds. The van der Waals surface area contributed by atoms with Gasteiger partial charge in [-0.3, -0.25) is 4.57 Å². The number of aromatic nitrogens is 4. The number of hydrogen-bond acceptors (Lipinski definition) is 7. The van der Waals surface area contributed by atoms with Gasteiger partial charge in [-0.05, 0) is 18.1 Å². The van der Waals surface area contributed by atoms with Crippen LogP contribution in [0.4, 0.5) is 5.82 Å². The molecule has 3 atom stereocenters. The molecule has 9 nitrogen and oxygen atoms in total. The lowest BCUT2D eigenvalue weighted by Crippen LogP contribution is -2.44. The zero-order chi connectivity index (χ0) is 23.5. The van der Waals surface area contributed by atoms with Gasteiger partial charge < -0.3 is 18.8 Å². The van der Waals surface area contributed by atoms with Crippen molar-refractivity contribution in [3.8, 4) is 0 Å². The van der Waals surface area contributed by atoms with Crippen molar-refractivity contribution in [3.05, 3.63) is 25.3 Å². The van der Waals surface area contributed by atoms with E-state index in [0.29, 0.717) is 36.6 Å². The van der Waals surface area contributed by atoms with E-state index in [1.807, 2.05) is 23.6 Å². The van der Waals surface area contributed by atoms with Gasteiger partial charge in [0.2, 0.25) is 0 Å². The van der Waals surface area contributed by atoms with Gasteiger partial charge in [0, 0.05) is 20.5 Å². The highest BCUT2D eigenvalue weighted by atomic mass is 28.4. The first kappa shape index (κ1) is 24.5. The summed E-state index contributed by atoms with van der Waals surface area (Å²) in [5, 5.41) is 0.128. The van der Waals surface area contributed by atoms with Crippen LogP contribution in [0, 0.1) is 0 Å². The van der Waals surface area contributed by atoms with Crippen molar-refractivity contribution in [3.63, 3.8) is 0 Å². The van der Waals surface area contributed by atoms with Gasteiger partial charge in [0.05, 0.1) is 32.0 Å². The van der Waals surface area contributed by atoms with Crippen molar-refractivity contribution in [1.82, 2.24) is 24.4 Å². The van der Waals surface area contributed by atoms with E-state index >= 15 is 0 Å². The lowest BCUT2D eigenvalue weighted by molar-refractivity contribution is -0.0536. The van der Waals surface area contributed by atoms with Crippen LogP contribution >= 0.6 is 0 Å². The van der Waals surface area contributed by atoms with Gasteiger partial charge >= 0.3 is 0 Å². The molecule has 1 aliphatic rings. The molecule has 176 valence electrons. The number of rotatable bonds is 9. The van der Waals surface area contributed by atoms with Crippen LogP contribution in [-0.4, -0.2) is 78.6 Å². The van der Waals surface area contributed by atoms with E-state index in [1.165, 1.54) is 6.33 Å². The summed E-state index contributed by atoms with van der Waals surface area (Å²) in [7, 11) is 1.90. The van der Waals surface area contributed by atoms with E-state index in [9.17, 15) is 0 Å². The second-order valence-corrected chi connectivity index (χ2v) is 14.6. The van der Waals surface area contributed by atoms with Crippen LogP contribution in [0.25, 0.3) is 11.2 Å². The molecule has 0 N–H and O–H groups in total. The molecule has 0 bridgehead atoms. The van der Waals surface area contributed by atoms with Gasteiger partial charge in [-0.25, -0.2) is 19.9 Å². The molecule has 1 saturated heterocycles. The molecular formula is C22H36N6O3Si. The molecule has 0 unspecified atom stereocenters. The predicted octanol–water partition coefficient (Wildman–Crippen LogP) is 3.93. The van der Waals surface area contributed by atoms with Gasteiger partial charge in [-0.1, -0.05) is 26.8 Å². The quantitative estimate of drug-likeness (QED) is 0.242. The van der Waals surface area contributed by atoms with E-state index in [0.717, 1.165) is 0 Å². The Labute approximate surface area is 191 Å². The lowest BCUT2D eigenvalue weighted by Gasteiger charge is -2.37. The van der Waals surface area contributed by atoms with Crippen molar-refractivity contribution >= 4 is 31.6 Å². The van der Waals surface area contributed by atoms with Gasteiger partial charge in [-0.2, -0.15) is 0 Å². The van der Waals surface area contributed by atoms with Crippen molar-refractivity contribution in [2.45, 2.75) is 63.8 Å². The van der Waals surface area contributed by atoms with Crippen LogP contribution in [0.3, 0.4) is 0 Å². The molecule has 2 aromatic heterocycles. The summed E-state index contributed by atoms with van der Waals surface area (Å²) >= 11 is 0. The summed E-state index contributed by atoms with van der Waals surface area (Å²) in [6.45, 7) is 15.9. The highest BCUT2D eigenvalue weighted by Crippen LogP contribution is 2.38. The third-order valence-electron chi connectivity index (χ3n) is 6.08. The zero-order valence-electron chi connectivity index (χ0n) is 20.3. The monoisotopic (exact) mass is 460 g/mol. The highest BCUT2D eigenvalue weighted by molar-refractivity contribution is 6.74. The summed E-state index contributed by atoms with van der Waals surface area (Å²) in [5.74, 6) is 0.526. The SMILES string of the molecule is C=CCO[C@@H]1C[C@H](n2cnc3c(/N=C/N(C)C)ncnc32)O[C@@H]1CO[Si](C)(C)C(C)(C)C. The summed E-state index contributed by atoms with van der Waals surface area (Å²) < 4.78 is 20.8. The molecule has 3 rings (SSSR count). The Balaban J connectivity index is 1.82. The fraction of sp³-hybridized carbons (Fsp3) is 0.636. The summed E-state index contributed by atoms with van der Waals surface area (Å²) in [6.07, 6.45) is 6.82. The number of imidazole rings is 1. The number of hydrogen-bond donors (Lipinski definition) is 0. The fourth-order valence-corrected chi connectivity index (χ4v) is 4.22. The van der Waals surface area contributed by atoms with Crippen LogP contribution in [0.5, 0.6) is 0 Å². The fourth-order valence-electron chi connectivity index (χ4n) is 3.21. The molecule has 10 heteroatoms. The second kappa shape index (κ2) is 9.78. The largest absolute Gasteiger partial charge is 0.414 e. The topological polar surface area (TPSA) is 86.9 Å². The van der Waals surface area contributed by atoms with Crippen LogP contribution in [0.2, 0.25) is 18.1 Å². The maximum absolute atomic E-state index is 6.45. The van der Waals surface area contributed by atoms with E-state index in [1.54, 1.807) is 18.7 Å². The lowest BCUT2D eigenvalue weighted by atomic mass is 10.2. The van der Waals surface area contributed by atoms with E-state index in [2.05, 4.69) is 60.4 Å². The molecule has 1 fully saturated rings. The Morgan fingerprint density at radius 3 is 2.72 bits per heavy atom. The third kappa shape index (κ3) is 5.43. The minimum atomic E-state index is -1.91. The molecule has 3 heterocycles. The Morgan fingerprint density at radius 1 is 1.31 bits per heavy atom. The van der Waals surface area contributed by atoms with Crippen LogP contribution in [0.15, 0.2) is 30.3 Å².